The molecule has 0 radical (unpaired) electrons. The number of hydrogen-bond donors (Lipinski definition) is 2. The smallest absolute Gasteiger partial charge is 0.248 e. The van der Waals surface area contributed by atoms with Gasteiger partial charge in [-0.2, -0.15) is 0 Å². The van der Waals surface area contributed by atoms with Crippen LogP contribution < -0.4 is 5.32 Å². The summed E-state index contributed by atoms with van der Waals surface area (Å²) >= 11 is 0. The SMILES string of the molecule is CC(C)C[C@H](O)C(=O)NCCCc1cccnc1. The highest BCUT2D eigenvalue weighted by molar-refractivity contribution is 5.80. The van der Waals surface area contributed by atoms with Crippen molar-refractivity contribution in [3.63, 3.8) is 0 Å². The van der Waals surface area contributed by atoms with E-state index in [1.807, 2.05) is 32.2 Å². The number of rotatable bonds is 7. The van der Waals surface area contributed by atoms with Crippen molar-refractivity contribution in [2.75, 3.05) is 6.54 Å². The van der Waals surface area contributed by atoms with Gasteiger partial charge in [0.2, 0.25) is 5.91 Å². The molecule has 4 heteroatoms. The van der Waals surface area contributed by atoms with Gasteiger partial charge in [0.1, 0.15) is 6.10 Å². The van der Waals surface area contributed by atoms with Gasteiger partial charge in [-0.1, -0.05) is 19.9 Å². The van der Waals surface area contributed by atoms with Gasteiger partial charge < -0.3 is 10.4 Å². The summed E-state index contributed by atoms with van der Waals surface area (Å²) in [4.78, 5) is 15.5. The Morgan fingerprint density at radius 1 is 1.50 bits per heavy atom. The highest BCUT2D eigenvalue weighted by Crippen LogP contribution is 2.04. The van der Waals surface area contributed by atoms with E-state index in [2.05, 4.69) is 10.3 Å². The standard InChI is InChI=1S/C14H22N2O2/c1-11(2)9-13(17)14(18)16-8-4-6-12-5-3-7-15-10-12/h3,5,7,10-11,13,17H,4,6,8-9H2,1-2H3,(H,16,18)/t13-/m0/s1. The Balaban J connectivity index is 2.16. The van der Waals surface area contributed by atoms with Crippen LogP contribution in [-0.4, -0.2) is 28.6 Å². The van der Waals surface area contributed by atoms with Crippen molar-refractivity contribution in [3.8, 4) is 0 Å². The number of aromatic nitrogens is 1. The maximum atomic E-state index is 11.5. The summed E-state index contributed by atoms with van der Waals surface area (Å²) in [5, 5.41) is 12.3. The van der Waals surface area contributed by atoms with Crippen molar-refractivity contribution in [2.24, 2.45) is 5.92 Å². The Kier molecular flexibility index (Phi) is 6.36. The number of nitrogens with one attached hydrogen (secondary N) is 1. The predicted molar refractivity (Wildman–Crippen MR) is 71.0 cm³/mol. The molecule has 2 N–H and O–H groups in total. The minimum atomic E-state index is -0.886. The summed E-state index contributed by atoms with van der Waals surface area (Å²) in [6.07, 6.45) is 4.93. The van der Waals surface area contributed by atoms with Crippen LogP contribution in [0.4, 0.5) is 0 Å². The minimum absolute atomic E-state index is 0.269. The van der Waals surface area contributed by atoms with Crippen LogP contribution in [0.1, 0.15) is 32.3 Å². The zero-order valence-electron chi connectivity index (χ0n) is 11.1. The van der Waals surface area contributed by atoms with Gasteiger partial charge in [0, 0.05) is 18.9 Å². The molecule has 0 spiro atoms. The van der Waals surface area contributed by atoms with E-state index in [0.717, 1.165) is 18.4 Å². The van der Waals surface area contributed by atoms with Gasteiger partial charge in [0.15, 0.2) is 0 Å². The van der Waals surface area contributed by atoms with E-state index in [1.165, 1.54) is 0 Å². The quantitative estimate of drug-likeness (QED) is 0.722. The summed E-state index contributed by atoms with van der Waals surface area (Å²) in [5.41, 5.74) is 1.16. The number of nitrogens with zero attached hydrogens (tertiary/aromatic N) is 1. The fraction of sp³-hybridized carbons (Fsp3) is 0.571. The average molecular weight is 250 g/mol. The summed E-state index contributed by atoms with van der Waals surface area (Å²) in [7, 11) is 0. The molecule has 0 fully saturated rings. The van der Waals surface area contributed by atoms with Crippen LogP contribution in [0.3, 0.4) is 0 Å². The zero-order chi connectivity index (χ0) is 13.4. The lowest BCUT2D eigenvalue weighted by Crippen LogP contribution is -2.36. The normalized spacial score (nSPS) is 12.4. The summed E-state index contributed by atoms with van der Waals surface area (Å²) in [5.74, 6) is 0.0519. The number of carbonyl (C=O) groups is 1. The van der Waals surface area contributed by atoms with Crippen LogP contribution in [0.5, 0.6) is 0 Å². The average Bonchev–Trinajstić information content (AvgIpc) is 2.34. The molecule has 1 heterocycles. The molecule has 0 saturated carbocycles. The molecule has 0 unspecified atom stereocenters. The fourth-order valence-electron chi connectivity index (χ4n) is 1.72. The molecule has 100 valence electrons. The van der Waals surface area contributed by atoms with Gasteiger partial charge in [-0.05, 0) is 36.8 Å². The first kappa shape index (κ1) is 14.6. The first-order chi connectivity index (χ1) is 8.59. The fourth-order valence-corrected chi connectivity index (χ4v) is 1.72. The van der Waals surface area contributed by atoms with Gasteiger partial charge in [0.05, 0.1) is 0 Å². The number of pyridine rings is 1. The molecule has 18 heavy (non-hydrogen) atoms. The molecule has 0 aliphatic heterocycles. The number of amides is 1. The largest absolute Gasteiger partial charge is 0.383 e. The van der Waals surface area contributed by atoms with Crippen molar-refractivity contribution < 1.29 is 9.90 Å². The second-order valence-electron chi connectivity index (χ2n) is 4.90. The Hall–Kier alpha value is -1.42. The third-order valence-corrected chi connectivity index (χ3v) is 2.66. The van der Waals surface area contributed by atoms with E-state index >= 15 is 0 Å². The van der Waals surface area contributed by atoms with Crippen LogP contribution in [0.2, 0.25) is 0 Å². The van der Waals surface area contributed by atoms with Gasteiger partial charge in [-0.3, -0.25) is 9.78 Å². The first-order valence-corrected chi connectivity index (χ1v) is 6.44. The first-order valence-electron chi connectivity index (χ1n) is 6.44. The molecule has 0 aliphatic carbocycles. The molecule has 1 aromatic rings. The lowest BCUT2D eigenvalue weighted by Gasteiger charge is -2.13. The topological polar surface area (TPSA) is 62.2 Å². The van der Waals surface area contributed by atoms with Crippen molar-refractivity contribution in [3.05, 3.63) is 30.1 Å². The molecule has 0 aliphatic rings. The Labute approximate surface area is 108 Å². The second kappa shape index (κ2) is 7.82. The zero-order valence-corrected chi connectivity index (χ0v) is 11.1. The molecular formula is C14H22N2O2. The van der Waals surface area contributed by atoms with Crippen LogP contribution in [0.15, 0.2) is 24.5 Å². The lowest BCUT2D eigenvalue weighted by molar-refractivity contribution is -0.130. The Bertz CT molecular complexity index is 352. The number of hydrogen-bond acceptors (Lipinski definition) is 3. The minimum Gasteiger partial charge on any atom is -0.383 e. The Morgan fingerprint density at radius 2 is 2.28 bits per heavy atom. The van der Waals surface area contributed by atoms with E-state index in [-0.39, 0.29) is 5.91 Å². The molecule has 1 aromatic heterocycles. The molecule has 1 rings (SSSR count). The van der Waals surface area contributed by atoms with Crippen molar-refractivity contribution in [1.82, 2.24) is 10.3 Å². The highest BCUT2D eigenvalue weighted by atomic mass is 16.3. The van der Waals surface area contributed by atoms with Crippen molar-refractivity contribution >= 4 is 5.91 Å². The molecule has 0 aromatic carbocycles. The third-order valence-electron chi connectivity index (χ3n) is 2.66. The van der Waals surface area contributed by atoms with E-state index in [0.29, 0.717) is 18.9 Å². The maximum Gasteiger partial charge on any atom is 0.248 e. The molecular weight excluding hydrogens is 228 g/mol. The summed E-state index contributed by atoms with van der Waals surface area (Å²) in [6.45, 7) is 4.56. The lowest BCUT2D eigenvalue weighted by atomic mass is 10.1. The van der Waals surface area contributed by atoms with Crippen LogP contribution in [0, 0.1) is 5.92 Å². The maximum absolute atomic E-state index is 11.5. The van der Waals surface area contributed by atoms with Gasteiger partial charge in [0.25, 0.3) is 0 Å². The number of carbonyl (C=O) groups excluding carboxylic acids is 1. The van der Waals surface area contributed by atoms with Crippen LogP contribution >= 0.6 is 0 Å². The molecule has 0 saturated heterocycles. The molecule has 1 atom stereocenters. The van der Waals surface area contributed by atoms with Gasteiger partial charge in [-0.15, -0.1) is 0 Å². The van der Waals surface area contributed by atoms with Crippen LogP contribution in [0.25, 0.3) is 0 Å². The summed E-state index contributed by atoms with van der Waals surface area (Å²) in [6, 6.07) is 3.92. The van der Waals surface area contributed by atoms with Crippen molar-refractivity contribution in [2.45, 2.75) is 39.2 Å². The third kappa shape index (κ3) is 5.77. The molecule has 0 bridgehead atoms. The van der Waals surface area contributed by atoms with Crippen LogP contribution in [-0.2, 0) is 11.2 Å². The highest BCUT2D eigenvalue weighted by Gasteiger charge is 2.15. The van der Waals surface area contributed by atoms with E-state index in [1.54, 1.807) is 6.20 Å². The second-order valence-corrected chi connectivity index (χ2v) is 4.90. The molecule has 4 nitrogen and oxygen atoms in total. The van der Waals surface area contributed by atoms with Gasteiger partial charge in [-0.25, -0.2) is 0 Å². The van der Waals surface area contributed by atoms with E-state index in [4.69, 9.17) is 0 Å². The van der Waals surface area contributed by atoms with Crippen molar-refractivity contribution in [1.29, 1.82) is 0 Å². The number of aryl methyl sites for hydroxylation is 1. The summed E-state index contributed by atoms with van der Waals surface area (Å²) < 4.78 is 0. The Morgan fingerprint density at radius 3 is 2.89 bits per heavy atom. The van der Waals surface area contributed by atoms with Gasteiger partial charge >= 0.3 is 0 Å². The predicted octanol–water partition coefficient (Wildman–Crippen LogP) is 1.54. The monoisotopic (exact) mass is 250 g/mol. The van der Waals surface area contributed by atoms with E-state index in [9.17, 15) is 9.90 Å². The number of aliphatic hydroxyl groups excluding tert-OH is 1. The number of aliphatic hydroxyl groups is 1. The van der Waals surface area contributed by atoms with E-state index < -0.39 is 6.10 Å². The molecule has 1 amide bonds.